The van der Waals surface area contributed by atoms with Crippen molar-refractivity contribution in [2.45, 2.75) is 32.9 Å². The van der Waals surface area contributed by atoms with Crippen LogP contribution in [-0.2, 0) is 4.79 Å². The molecule has 1 aliphatic carbocycles. The van der Waals surface area contributed by atoms with E-state index in [1.807, 2.05) is 38.1 Å². The molecule has 39 heavy (non-hydrogen) atoms. The number of hydrogen-bond acceptors (Lipinski definition) is 9. The van der Waals surface area contributed by atoms with Crippen LogP contribution < -0.4 is 20.7 Å². The standard InChI is InChI=1S/C25H23N5O2S.C3H7NO2/c1-14-4-9-18(19(10-14)20-11-15(2)26-13-21(20)32-3)23(31)30-25-29-22-24(33-25)28-17(12-27-22)8-7-16-5-6-16;5-2-1-4-3-6/h4,9-13,16,22,27H,5-6H2,1-3H3,(H,29,30,31);3,5H,1-2H2,(H,4,6). The van der Waals surface area contributed by atoms with Crippen LogP contribution in [0, 0.1) is 31.6 Å². The maximum Gasteiger partial charge on any atom is 0.257 e. The zero-order chi connectivity index (χ0) is 27.8. The Morgan fingerprint density at radius 3 is 2.79 bits per heavy atom. The summed E-state index contributed by atoms with van der Waals surface area (Å²) in [6, 6.07) is 7.65. The average Bonchev–Trinajstić information content (AvgIpc) is 3.68. The smallest absolute Gasteiger partial charge is 0.257 e. The number of ether oxygens (including phenoxy) is 1. The van der Waals surface area contributed by atoms with Gasteiger partial charge in [0.25, 0.3) is 5.91 Å². The second kappa shape index (κ2) is 13.1. The quantitative estimate of drug-likeness (QED) is 0.248. The Balaban J connectivity index is 0.000000531. The van der Waals surface area contributed by atoms with Crippen molar-refractivity contribution in [2.75, 3.05) is 20.3 Å². The molecule has 2 amide bonds. The Morgan fingerprint density at radius 1 is 1.28 bits per heavy atom. The molecule has 202 valence electrons. The minimum absolute atomic E-state index is 0.0126. The van der Waals surface area contributed by atoms with Crippen molar-refractivity contribution in [1.29, 1.82) is 0 Å². The number of carbonyl (C=O) groups excluding carboxylic acids is 2. The third-order valence-electron chi connectivity index (χ3n) is 5.77. The molecule has 10 nitrogen and oxygen atoms in total. The molecule has 0 radical (unpaired) electrons. The highest BCUT2D eigenvalue weighted by Gasteiger charge is 2.29. The van der Waals surface area contributed by atoms with E-state index in [1.54, 1.807) is 19.5 Å². The minimum Gasteiger partial charge on any atom is -0.494 e. The number of nitrogens with zero attached hydrogens (tertiary/aromatic N) is 3. The first-order chi connectivity index (χ1) is 18.9. The molecule has 1 unspecified atom stereocenters. The molecular weight excluding hydrogens is 516 g/mol. The maximum atomic E-state index is 13.3. The number of benzene rings is 1. The van der Waals surface area contributed by atoms with Crippen LogP contribution in [0.25, 0.3) is 11.1 Å². The highest BCUT2D eigenvalue weighted by Crippen LogP contribution is 2.33. The number of nitrogens with one attached hydrogen (secondary N) is 3. The summed E-state index contributed by atoms with van der Waals surface area (Å²) >= 11 is 1.35. The van der Waals surface area contributed by atoms with Crippen LogP contribution in [0.3, 0.4) is 0 Å². The fourth-order valence-electron chi connectivity index (χ4n) is 3.67. The van der Waals surface area contributed by atoms with Crippen molar-refractivity contribution < 1.29 is 19.4 Å². The molecule has 1 atom stereocenters. The van der Waals surface area contributed by atoms with Crippen LogP contribution in [0.4, 0.5) is 0 Å². The van der Waals surface area contributed by atoms with E-state index < -0.39 is 0 Å². The van der Waals surface area contributed by atoms with Gasteiger partial charge in [-0.1, -0.05) is 23.6 Å². The van der Waals surface area contributed by atoms with Crippen molar-refractivity contribution in [3.05, 3.63) is 59.2 Å². The summed E-state index contributed by atoms with van der Waals surface area (Å²) in [4.78, 5) is 36.1. The fourth-order valence-corrected chi connectivity index (χ4v) is 4.54. The molecule has 2 aliphatic heterocycles. The van der Waals surface area contributed by atoms with Gasteiger partial charge < -0.3 is 25.8 Å². The Bertz CT molecular complexity index is 1400. The number of aromatic nitrogens is 1. The van der Waals surface area contributed by atoms with Gasteiger partial charge in [0.15, 0.2) is 11.3 Å². The molecule has 5 rings (SSSR count). The van der Waals surface area contributed by atoms with Gasteiger partial charge in [-0.05, 0) is 62.1 Å². The molecule has 3 aliphatic rings. The van der Waals surface area contributed by atoms with E-state index >= 15 is 0 Å². The number of rotatable bonds is 6. The van der Waals surface area contributed by atoms with E-state index in [2.05, 4.69) is 42.8 Å². The number of fused-ring (bicyclic) bond motifs is 1. The van der Waals surface area contributed by atoms with Gasteiger partial charge in [-0.2, -0.15) is 0 Å². The van der Waals surface area contributed by atoms with Gasteiger partial charge in [-0.25, -0.2) is 9.98 Å². The predicted octanol–water partition coefficient (Wildman–Crippen LogP) is 2.51. The first-order valence-electron chi connectivity index (χ1n) is 12.4. The molecule has 0 bridgehead atoms. The van der Waals surface area contributed by atoms with E-state index in [9.17, 15) is 9.59 Å². The summed E-state index contributed by atoms with van der Waals surface area (Å²) < 4.78 is 5.51. The van der Waals surface area contributed by atoms with Gasteiger partial charge in [0.2, 0.25) is 6.41 Å². The number of aliphatic imine (C=N–C) groups is 2. The molecule has 1 saturated carbocycles. The number of thioether (sulfide) groups is 1. The molecule has 1 aromatic heterocycles. The van der Waals surface area contributed by atoms with Crippen molar-refractivity contribution >= 4 is 34.3 Å². The summed E-state index contributed by atoms with van der Waals surface area (Å²) in [6.45, 7) is 4.27. The SMILES string of the molecule is COc1cnc(C)cc1-c1cc(C)ccc1C(=O)NC1=NC2NC=C(C#CC3CC3)N=C2S1.O=CNCCO. The lowest BCUT2D eigenvalue weighted by Gasteiger charge is -2.14. The molecule has 0 spiro atoms. The lowest BCUT2D eigenvalue weighted by atomic mass is 9.96. The lowest BCUT2D eigenvalue weighted by Crippen LogP contribution is -2.30. The van der Waals surface area contributed by atoms with Crippen LogP contribution in [0.15, 0.2) is 52.3 Å². The van der Waals surface area contributed by atoms with Crippen molar-refractivity contribution in [2.24, 2.45) is 15.9 Å². The molecule has 4 N–H and O–H groups in total. The van der Waals surface area contributed by atoms with Crippen molar-refractivity contribution in [3.8, 4) is 28.7 Å². The van der Waals surface area contributed by atoms with Crippen LogP contribution in [-0.4, -0.2) is 59.0 Å². The predicted molar refractivity (Wildman–Crippen MR) is 152 cm³/mol. The lowest BCUT2D eigenvalue weighted by molar-refractivity contribution is -0.109. The van der Waals surface area contributed by atoms with Gasteiger partial charge in [0.05, 0.1) is 19.9 Å². The minimum atomic E-state index is -0.294. The van der Waals surface area contributed by atoms with Crippen molar-refractivity contribution in [1.82, 2.24) is 20.9 Å². The Labute approximate surface area is 231 Å². The average molecular weight is 547 g/mol. The first-order valence-corrected chi connectivity index (χ1v) is 13.3. The molecule has 0 saturated heterocycles. The molecule has 1 fully saturated rings. The highest BCUT2D eigenvalue weighted by molar-refractivity contribution is 8.27. The van der Waals surface area contributed by atoms with Crippen molar-refractivity contribution in [3.63, 3.8) is 0 Å². The molecule has 3 heterocycles. The number of methoxy groups -OCH3 is 1. The summed E-state index contributed by atoms with van der Waals surface area (Å²) in [7, 11) is 1.60. The number of aliphatic hydroxyl groups excluding tert-OH is 1. The second-order valence-corrected chi connectivity index (χ2v) is 9.96. The first kappa shape index (κ1) is 27.9. The van der Waals surface area contributed by atoms with E-state index in [1.165, 1.54) is 24.6 Å². The molecule has 2 aromatic rings. The normalized spacial score (nSPS) is 16.9. The molecule has 11 heteroatoms. The van der Waals surface area contributed by atoms with E-state index in [0.717, 1.165) is 27.4 Å². The largest absolute Gasteiger partial charge is 0.494 e. The van der Waals surface area contributed by atoms with Gasteiger partial charge in [-0.15, -0.1) is 0 Å². The third kappa shape index (κ3) is 7.46. The maximum absolute atomic E-state index is 13.3. The Morgan fingerprint density at radius 2 is 2.10 bits per heavy atom. The number of amides is 2. The fraction of sp³-hybridized carbons (Fsp3) is 0.321. The van der Waals surface area contributed by atoms with E-state index in [-0.39, 0.29) is 18.7 Å². The Hall–Kier alpha value is -4.14. The summed E-state index contributed by atoms with van der Waals surface area (Å²) in [6.07, 6.45) is 6.07. The van der Waals surface area contributed by atoms with Gasteiger partial charge >= 0.3 is 0 Å². The van der Waals surface area contributed by atoms with Crippen LogP contribution >= 0.6 is 11.8 Å². The van der Waals surface area contributed by atoms with E-state index in [0.29, 0.717) is 41.1 Å². The van der Waals surface area contributed by atoms with Gasteiger partial charge in [0, 0.05) is 35.5 Å². The number of pyridine rings is 1. The van der Waals surface area contributed by atoms with E-state index in [4.69, 9.17) is 9.84 Å². The second-order valence-electron chi connectivity index (χ2n) is 8.95. The zero-order valence-electron chi connectivity index (χ0n) is 21.9. The zero-order valence-corrected chi connectivity index (χ0v) is 22.8. The number of aliphatic hydroxyl groups is 1. The van der Waals surface area contributed by atoms with Crippen LogP contribution in [0.2, 0.25) is 0 Å². The van der Waals surface area contributed by atoms with Crippen LogP contribution in [0.5, 0.6) is 5.75 Å². The number of hydrogen-bond donors (Lipinski definition) is 4. The number of allylic oxidation sites excluding steroid dienone is 1. The summed E-state index contributed by atoms with van der Waals surface area (Å²) in [5, 5.41) is 17.7. The number of carbonyl (C=O) groups is 2. The van der Waals surface area contributed by atoms with Gasteiger partial charge in [-0.3, -0.25) is 14.6 Å². The Kier molecular flexibility index (Phi) is 9.35. The number of aryl methyl sites for hydroxylation is 2. The molecule has 1 aromatic carbocycles. The monoisotopic (exact) mass is 546 g/mol. The summed E-state index contributed by atoms with van der Waals surface area (Å²) in [5.41, 5.74) is 4.72. The van der Waals surface area contributed by atoms with Crippen LogP contribution in [0.1, 0.15) is 34.5 Å². The third-order valence-corrected chi connectivity index (χ3v) is 6.69. The summed E-state index contributed by atoms with van der Waals surface area (Å²) in [5.74, 6) is 7.21. The topological polar surface area (TPSA) is 137 Å². The van der Waals surface area contributed by atoms with Gasteiger partial charge in [0.1, 0.15) is 16.5 Å². The molecular formula is C28H30N6O4S. The number of amidine groups is 1. The highest BCUT2D eigenvalue weighted by atomic mass is 32.2.